The molecule has 0 spiro atoms. The number of hydrogen-bond donors (Lipinski definition) is 2. The van der Waals surface area contributed by atoms with Crippen LogP contribution in [0.25, 0.3) is 0 Å². The van der Waals surface area contributed by atoms with Gasteiger partial charge in [0.2, 0.25) is 0 Å². The number of hydrogen-bond acceptors (Lipinski definition) is 4. The van der Waals surface area contributed by atoms with Crippen LogP contribution in [0.2, 0.25) is 0 Å². The number of nitrogens with two attached hydrogens (primary N) is 1. The topological polar surface area (TPSA) is 77.5 Å². The minimum atomic E-state index is -0.186. The molecule has 0 saturated heterocycles. The van der Waals surface area contributed by atoms with Gasteiger partial charge in [0, 0.05) is 6.04 Å². The maximum atomic E-state index is 12.0. The van der Waals surface area contributed by atoms with Crippen molar-refractivity contribution in [3.05, 3.63) is 59.5 Å². The standard InChI is InChI=1S/C16H20N2O3/c1-12(9-20-10-13-5-3-2-4-6-13)18-16(19)14-7-15(8-17)21-11-14/h2-7,11-12H,8-10,17H2,1H3,(H,18,19). The lowest BCUT2D eigenvalue weighted by Crippen LogP contribution is -2.35. The van der Waals surface area contributed by atoms with Gasteiger partial charge in [-0.25, -0.2) is 0 Å². The van der Waals surface area contributed by atoms with Gasteiger partial charge in [0.1, 0.15) is 12.0 Å². The largest absolute Gasteiger partial charge is 0.467 e. The molecule has 0 aliphatic rings. The van der Waals surface area contributed by atoms with Gasteiger partial charge < -0.3 is 20.2 Å². The summed E-state index contributed by atoms with van der Waals surface area (Å²) in [6.07, 6.45) is 1.41. The van der Waals surface area contributed by atoms with E-state index in [2.05, 4.69) is 5.32 Å². The van der Waals surface area contributed by atoms with E-state index in [1.807, 2.05) is 37.3 Å². The number of amides is 1. The minimum absolute atomic E-state index is 0.0857. The number of rotatable bonds is 7. The molecule has 1 aromatic heterocycles. The SMILES string of the molecule is CC(COCc1ccccc1)NC(=O)c1coc(CN)c1. The van der Waals surface area contributed by atoms with Crippen LogP contribution in [0.5, 0.6) is 0 Å². The van der Waals surface area contributed by atoms with E-state index in [-0.39, 0.29) is 18.5 Å². The quantitative estimate of drug-likeness (QED) is 0.817. The molecule has 2 aromatic rings. The van der Waals surface area contributed by atoms with Gasteiger partial charge in [-0.2, -0.15) is 0 Å². The van der Waals surface area contributed by atoms with Gasteiger partial charge in [-0.15, -0.1) is 0 Å². The van der Waals surface area contributed by atoms with Crippen LogP contribution in [-0.4, -0.2) is 18.6 Å². The summed E-state index contributed by atoms with van der Waals surface area (Å²) < 4.78 is 10.7. The van der Waals surface area contributed by atoms with Crippen LogP contribution in [-0.2, 0) is 17.9 Å². The number of furan rings is 1. The summed E-state index contributed by atoms with van der Waals surface area (Å²) in [6, 6.07) is 11.5. The van der Waals surface area contributed by atoms with Crippen LogP contribution in [0.1, 0.15) is 28.6 Å². The van der Waals surface area contributed by atoms with E-state index in [1.54, 1.807) is 6.07 Å². The Kier molecular flexibility index (Phi) is 5.54. The molecular weight excluding hydrogens is 268 g/mol. The molecule has 0 saturated carbocycles. The third kappa shape index (κ3) is 4.73. The van der Waals surface area contributed by atoms with E-state index < -0.39 is 0 Å². The minimum Gasteiger partial charge on any atom is -0.467 e. The van der Waals surface area contributed by atoms with Crippen LogP contribution < -0.4 is 11.1 Å². The number of ether oxygens (including phenoxy) is 1. The number of nitrogens with one attached hydrogen (secondary N) is 1. The summed E-state index contributed by atoms with van der Waals surface area (Å²) in [5.41, 5.74) is 7.03. The van der Waals surface area contributed by atoms with E-state index in [9.17, 15) is 4.79 Å². The highest BCUT2D eigenvalue weighted by molar-refractivity contribution is 5.94. The molecule has 0 aliphatic carbocycles. The summed E-state index contributed by atoms with van der Waals surface area (Å²) in [4.78, 5) is 12.0. The normalized spacial score (nSPS) is 12.1. The number of carbonyl (C=O) groups is 1. The molecule has 0 fully saturated rings. The Hall–Kier alpha value is -2.11. The Balaban J connectivity index is 1.73. The molecule has 0 aliphatic heterocycles. The smallest absolute Gasteiger partial charge is 0.254 e. The van der Waals surface area contributed by atoms with Gasteiger partial charge in [-0.3, -0.25) is 4.79 Å². The van der Waals surface area contributed by atoms with Crippen molar-refractivity contribution in [3.8, 4) is 0 Å². The third-order valence-electron chi connectivity index (χ3n) is 2.97. The maximum absolute atomic E-state index is 12.0. The Morgan fingerprint density at radius 3 is 2.81 bits per heavy atom. The first-order valence-corrected chi connectivity index (χ1v) is 6.89. The van der Waals surface area contributed by atoms with Gasteiger partial charge in [0.05, 0.1) is 25.3 Å². The molecule has 2 rings (SSSR count). The molecule has 1 aromatic carbocycles. The van der Waals surface area contributed by atoms with Crippen molar-refractivity contribution in [2.24, 2.45) is 5.73 Å². The fourth-order valence-corrected chi connectivity index (χ4v) is 1.88. The van der Waals surface area contributed by atoms with E-state index in [0.29, 0.717) is 24.5 Å². The van der Waals surface area contributed by atoms with Crippen molar-refractivity contribution < 1.29 is 13.9 Å². The van der Waals surface area contributed by atoms with Gasteiger partial charge in [0.25, 0.3) is 5.91 Å². The molecule has 1 unspecified atom stereocenters. The van der Waals surface area contributed by atoms with Crippen molar-refractivity contribution >= 4 is 5.91 Å². The molecule has 1 amide bonds. The van der Waals surface area contributed by atoms with E-state index in [4.69, 9.17) is 14.9 Å². The molecule has 1 atom stereocenters. The van der Waals surface area contributed by atoms with Crippen LogP contribution in [0.4, 0.5) is 0 Å². The van der Waals surface area contributed by atoms with E-state index in [1.165, 1.54) is 6.26 Å². The zero-order chi connectivity index (χ0) is 15.1. The maximum Gasteiger partial charge on any atom is 0.254 e. The fraction of sp³-hybridized carbons (Fsp3) is 0.312. The predicted molar refractivity (Wildman–Crippen MR) is 79.6 cm³/mol. The van der Waals surface area contributed by atoms with Crippen molar-refractivity contribution in [2.75, 3.05) is 6.61 Å². The highest BCUT2D eigenvalue weighted by Gasteiger charge is 2.12. The monoisotopic (exact) mass is 288 g/mol. The predicted octanol–water partition coefficient (Wildman–Crippen LogP) is 2.07. The number of carbonyl (C=O) groups excluding carboxylic acids is 1. The van der Waals surface area contributed by atoms with Crippen LogP contribution in [0, 0.1) is 0 Å². The van der Waals surface area contributed by atoms with Gasteiger partial charge in [-0.1, -0.05) is 30.3 Å². The van der Waals surface area contributed by atoms with Crippen molar-refractivity contribution in [1.82, 2.24) is 5.32 Å². The van der Waals surface area contributed by atoms with Crippen LogP contribution in [0.15, 0.2) is 47.1 Å². The van der Waals surface area contributed by atoms with Gasteiger partial charge in [-0.05, 0) is 18.6 Å². The first-order chi connectivity index (χ1) is 10.2. The fourth-order valence-electron chi connectivity index (χ4n) is 1.88. The molecule has 3 N–H and O–H groups in total. The molecule has 1 heterocycles. The Morgan fingerprint density at radius 1 is 1.38 bits per heavy atom. The second kappa shape index (κ2) is 7.61. The lowest BCUT2D eigenvalue weighted by molar-refractivity contribution is 0.0820. The van der Waals surface area contributed by atoms with Crippen LogP contribution >= 0.6 is 0 Å². The summed E-state index contributed by atoms with van der Waals surface area (Å²) in [7, 11) is 0. The molecule has 5 heteroatoms. The highest BCUT2D eigenvalue weighted by Crippen LogP contribution is 2.07. The van der Waals surface area contributed by atoms with Gasteiger partial charge >= 0.3 is 0 Å². The molecule has 0 bridgehead atoms. The summed E-state index contributed by atoms with van der Waals surface area (Å²) in [6.45, 7) is 3.15. The Labute approximate surface area is 124 Å². The zero-order valence-electron chi connectivity index (χ0n) is 12.0. The molecule has 21 heavy (non-hydrogen) atoms. The van der Waals surface area contributed by atoms with Crippen LogP contribution in [0.3, 0.4) is 0 Å². The summed E-state index contributed by atoms with van der Waals surface area (Å²) in [5.74, 6) is 0.405. The average Bonchev–Trinajstić information content (AvgIpc) is 2.97. The molecular formula is C16H20N2O3. The first kappa shape index (κ1) is 15.3. The second-order valence-electron chi connectivity index (χ2n) is 4.88. The highest BCUT2D eigenvalue weighted by atomic mass is 16.5. The average molecular weight is 288 g/mol. The second-order valence-corrected chi connectivity index (χ2v) is 4.88. The van der Waals surface area contributed by atoms with E-state index in [0.717, 1.165) is 5.56 Å². The lowest BCUT2D eigenvalue weighted by atomic mass is 10.2. The zero-order valence-corrected chi connectivity index (χ0v) is 12.0. The van der Waals surface area contributed by atoms with E-state index >= 15 is 0 Å². The molecule has 112 valence electrons. The summed E-state index contributed by atoms with van der Waals surface area (Å²) >= 11 is 0. The van der Waals surface area contributed by atoms with Crippen molar-refractivity contribution in [2.45, 2.75) is 26.1 Å². The van der Waals surface area contributed by atoms with Crippen molar-refractivity contribution in [3.63, 3.8) is 0 Å². The summed E-state index contributed by atoms with van der Waals surface area (Å²) in [5, 5.41) is 2.86. The first-order valence-electron chi connectivity index (χ1n) is 6.89. The Bertz CT molecular complexity index is 566. The van der Waals surface area contributed by atoms with Crippen molar-refractivity contribution in [1.29, 1.82) is 0 Å². The van der Waals surface area contributed by atoms with Gasteiger partial charge in [0.15, 0.2) is 0 Å². The number of benzene rings is 1. The third-order valence-corrected chi connectivity index (χ3v) is 2.97. The molecule has 0 radical (unpaired) electrons. The lowest BCUT2D eigenvalue weighted by Gasteiger charge is -2.13. The Morgan fingerprint density at radius 2 is 2.14 bits per heavy atom. The molecule has 5 nitrogen and oxygen atoms in total.